The molecule has 0 unspecified atom stereocenters. The van der Waals surface area contributed by atoms with Crippen LogP contribution in [0.25, 0.3) is 11.3 Å². The molecule has 1 heterocycles. The lowest BCUT2D eigenvalue weighted by Crippen LogP contribution is -2.17. The Morgan fingerprint density at radius 1 is 1.27 bits per heavy atom. The number of H-pyrrole nitrogens is 1. The molecule has 2 aromatic carbocycles. The van der Waals surface area contributed by atoms with Crippen molar-refractivity contribution in [2.45, 2.75) is 6.92 Å². The minimum Gasteiger partial charge on any atom is -0.494 e. The average Bonchev–Trinajstić information content (AvgIpc) is 3.13. The summed E-state index contributed by atoms with van der Waals surface area (Å²) in [4.78, 5) is 12.2. The maximum atomic E-state index is 12.2. The van der Waals surface area contributed by atoms with Crippen LogP contribution in [-0.4, -0.2) is 28.9 Å². The Kier molecular flexibility index (Phi) is 5.80. The molecular weight excluding hydrogens is 396 g/mol. The van der Waals surface area contributed by atoms with E-state index in [4.69, 9.17) is 4.74 Å². The first kappa shape index (κ1) is 17.9. The molecule has 0 atom stereocenters. The van der Waals surface area contributed by atoms with Gasteiger partial charge < -0.3 is 4.74 Å². The third kappa shape index (κ3) is 4.58. The van der Waals surface area contributed by atoms with E-state index in [1.807, 2.05) is 55.5 Å². The largest absolute Gasteiger partial charge is 0.494 e. The van der Waals surface area contributed by atoms with Crippen LogP contribution in [0.1, 0.15) is 23.0 Å². The second-order valence-electron chi connectivity index (χ2n) is 5.38. The molecule has 0 bridgehead atoms. The van der Waals surface area contributed by atoms with Crippen molar-refractivity contribution in [3.63, 3.8) is 0 Å². The molecule has 0 aliphatic rings. The van der Waals surface area contributed by atoms with Gasteiger partial charge in [0.05, 0.1) is 18.5 Å². The van der Waals surface area contributed by atoms with Gasteiger partial charge in [0.1, 0.15) is 11.4 Å². The van der Waals surface area contributed by atoms with Crippen LogP contribution in [-0.2, 0) is 0 Å². The number of hydrazone groups is 1. The van der Waals surface area contributed by atoms with Crippen molar-refractivity contribution in [1.82, 2.24) is 15.6 Å². The fourth-order valence-electron chi connectivity index (χ4n) is 2.31. The van der Waals surface area contributed by atoms with Crippen LogP contribution in [0.5, 0.6) is 5.75 Å². The number of halogens is 1. The molecule has 6 nitrogen and oxygen atoms in total. The summed E-state index contributed by atoms with van der Waals surface area (Å²) in [6.07, 6.45) is 1.57. The third-order valence-corrected chi connectivity index (χ3v) is 3.98. The average molecular weight is 413 g/mol. The summed E-state index contributed by atoms with van der Waals surface area (Å²) in [5, 5.41) is 10.9. The number of ether oxygens (including phenoxy) is 1. The van der Waals surface area contributed by atoms with E-state index in [-0.39, 0.29) is 5.91 Å². The van der Waals surface area contributed by atoms with Gasteiger partial charge in [-0.15, -0.1) is 0 Å². The van der Waals surface area contributed by atoms with Crippen LogP contribution in [0, 0.1) is 0 Å². The fourth-order valence-corrected chi connectivity index (χ4v) is 2.73. The van der Waals surface area contributed by atoms with Crippen LogP contribution in [0.3, 0.4) is 0 Å². The Labute approximate surface area is 159 Å². The Bertz CT molecular complexity index is 937. The first-order valence-electron chi connectivity index (χ1n) is 8.03. The summed E-state index contributed by atoms with van der Waals surface area (Å²) >= 11 is 3.39. The monoisotopic (exact) mass is 412 g/mol. The number of amides is 1. The molecule has 3 rings (SSSR count). The maximum Gasteiger partial charge on any atom is 0.289 e. The van der Waals surface area contributed by atoms with E-state index in [2.05, 4.69) is 36.7 Å². The fraction of sp³-hybridized carbons (Fsp3) is 0.105. The SMILES string of the molecule is CCOc1cccc(-c2cc(C(=O)NN=Cc3cccc(Br)c3)[nH]n2)c1. The highest BCUT2D eigenvalue weighted by atomic mass is 79.9. The smallest absolute Gasteiger partial charge is 0.289 e. The molecule has 0 radical (unpaired) electrons. The molecule has 0 saturated heterocycles. The Hall–Kier alpha value is -2.93. The number of aromatic amines is 1. The van der Waals surface area contributed by atoms with Crippen molar-refractivity contribution < 1.29 is 9.53 Å². The number of nitrogens with one attached hydrogen (secondary N) is 2. The van der Waals surface area contributed by atoms with Gasteiger partial charge in [-0.1, -0.05) is 40.2 Å². The number of carbonyl (C=O) groups is 1. The number of aromatic nitrogens is 2. The molecule has 0 saturated carbocycles. The number of hydrogen-bond donors (Lipinski definition) is 2. The van der Waals surface area contributed by atoms with E-state index in [0.29, 0.717) is 18.0 Å². The third-order valence-electron chi connectivity index (χ3n) is 3.49. The summed E-state index contributed by atoms with van der Waals surface area (Å²) in [7, 11) is 0. The normalized spacial score (nSPS) is 10.8. The Morgan fingerprint density at radius 3 is 2.92 bits per heavy atom. The lowest BCUT2D eigenvalue weighted by molar-refractivity contribution is 0.0950. The van der Waals surface area contributed by atoms with Crippen molar-refractivity contribution in [1.29, 1.82) is 0 Å². The Morgan fingerprint density at radius 2 is 2.12 bits per heavy atom. The number of carbonyl (C=O) groups excluding carboxylic acids is 1. The quantitative estimate of drug-likeness (QED) is 0.474. The van der Waals surface area contributed by atoms with Gasteiger partial charge in [-0.2, -0.15) is 10.2 Å². The van der Waals surface area contributed by atoms with Gasteiger partial charge in [0.15, 0.2) is 0 Å². The molecule has 0 spiro atoms. The zero-order chi connectivity index (χ0) is 18.4. The van der Waals surface area contributed by atoms with Gasteiger partial charge in [-0.05, 0) is 42.8 Å². The lowest BCUT2D eigenvalue weighted by atomic mass is 10.1. The predicted octanol–water partition coefficient (Wildman–Crippen LogP) is 4.00. The summed E-state index contributed by atoms with van der Waals surface area (Å²) in [6, 6.07) is 16.8. The van der Waals surface area contributed by atoms with Gasteiger partial charge in [-0.3, -0.25) is 9.89 Å². The van der Waals surface area contributed by atoms with Crippen LogP contribution in [0.2, 0.25) is 0 Å². The van der Waals surface area contributed by atoms with Crippen molar-refractivity contribution in [2.75, 3.05) is 6.61 Å². The minimum absolute atomic E-state index is 0.327. The standard InChI is InChI=1S/C19H17BrN4O2/c1-2-26-16-8-4-6-14(10-16)17-11-18(23-22-17)19(25)24-21-12-13-5-3-7-15(20)9-13/h3-12H,2H2,1H3,(H,22,23)(H,24,25). The summed E-state index contributed by atoms with van der Waals surface area (Å²) in [5.74, 6) is 0.397. The first-order valence-corrected chi connectivity index (χ1v) is 8.82. The van der Waals surface area contributed by atoms with E-state index in [1.54, 1.807) is 12.3 Å². The topological polar surface area (TPSA) is 79.4 Å². The molecular formula is C19H17BrN4O2. The molecule has 0 aliphatic heterocycles. The highest BCUT2D eigenvalue weighted by molar-refractivity contribution is 9.10. The Balaban J connectivity index is 1.67. The summed E-state index contributed by atoms with van der Waals surface area (Å²) < 4.78 is 6.43. The highest BCUT2D eigenvalue weighted by Crippen LogP contribution is 2.22. The number of hydrogen-bond acceptors (Lipinski definition) is 4. The van der Waals surface area contributed by atoms with Gasteiger partial charge >= 0.3 is 0 Å². The molecule has 1 amide bonds. The lowest BCUT2D eigenvalue weighted by Gasteiger charge is -2.03. The molecule has 1 aromatic heterocycles. The number of benzene rings is 2. The highest BCUT2D eigenvalue weighted by Gasteiger charge is 2.11. The van der Waals surface area contributed by atoms with Gasteiger partial charge in [-0.25, -0.2) is 5.43 Å². The zero-order valence-electron chi connectivity index (χ0n) is 14.1. The van der Waals surface area contributed by atoms with Crippen molar-refractivity contribution in [3.8, 4) is 17.0 Å². The molecule has 7 heteroatoms. The van der Waals surface area contributed by atoms with E-state index in [0.717, 1.165) is 21.3 Å². The van der Waals surface area contributed by atoms with Crippen molar-refractivity contribution in [2.24, 2.45) is 5.10 Å². The van der Waals surface area contributed by atoms with E-state index < -0.39 is 0 Å². The first-order chi connectivity index (χ1) is 12.7. The van der Waals surface area contributed by atoms with Crippen LogP contribution in [0.4, 0.5) is 0 Å². The molecule has 2 N–H and O–H groups in total. The van der Waals surface area contributed by atoms with Gasteiger partial charge in [0.25, 0.3) is 5.91 Å². The molecule has 3 aromatic rings. The van der Waals surface area contributed by atoms with Crippen molar-refractivity contribution >= 4 is 28.1 Å². The summed E-state index contributed by atoms with van der Waals surface area (Å²) in [6.45, 7) is 2.52. The number of rotatable bonds is 6. The second-order valence-corrected chi connectivity index (χ2v) is 6.30. The van der Waals surface area contributed by atoms with E-state index in [1.165, 1.54) is 0 Å². The predicted molar refractivity (Wildman–Crippen MR) is 104 cm³/mol. The second kappa shape index (κ2) is 8.44. The molecule has 26 heavy (non-hydrogen) atoms. The maximum absolute atomic E-state index is 12.2. The van der Waals surface area contributed by atoms with Crippen LogP contribution in [0.15, 0.2) is 64.2 Å². The summed E-state index contributed by atoms with van der Waals surface area (Å²) in [5.41, 5.74) is 5.21. The van der Waals surface area contributed by atoms with Gasteiger partial charge in [0.2, 0.25) is 0 Å². The van der Waals surface area contributed by atoms with E-state index >= 15 is 0 Å². The van der Waals surface area contributed by atoms with E-state index in [9.17, 15) is 4.79 Å². The molecule has 132 valence electrons. The molecule has 0 aliphatic carbocycles. The van der Waals surface area contributed by atoms with Crippen LogP contribution >= 0.6 is 15.9 Å². The molecule has 0 fully saturated rings. The number of nitrogens with zero attached hydrogens (tertiary/aromatic N) is 2. The van der Waals surface area contributed by atoms with Crippen LogP contribution < -0.4 is 10.2 Å². The van der Waals surface area contributed by atoms with Crippen molar-refractivity contribution in [3.05, 3.63) is 70.3 Å². The minimum atomic E-state index is -0.365. The van der Waals surface area contributed by atoms with Gasteiger partial charge in [0, 0.05) is 10.0 Å². The zero-order valence-corrected chi connectivity index (χ0v) is 15.7.